The van der Waals surface area contributed by atoms with E-state index in [9.17, 15) is 9.59 Å². The zero-order valence-electron chi connectivity index (χ0n) is 27.9. The number of nitrogens with zero attached hydrogens (tertiary/aromatic N) is 2. The highest BCUT2D eigenvalue weighted by molar-refractivity contribution is 6.00. The average molecular weight is 671 g/mol. The molecule has 246 valence electrons. The molecule has 3 aromatic heterocycles. The minimum absolute atomic E-state index is 0.585. The number of aromatic nitrogens is 4. The minimum Gasteiger partial charge on any atom is -0.354 e. The molecule has 5 heterocycles. The molecule has 0 radical (unpaired) electrons. The number of H-pyrrole nitrogens is 2. The molecule has 2 aliphatic rings. The lowest BCUT2D eigenvalue weighted by atomic mass is 10.0. The lowest BCUT2D eigenvalue weighted by molar-refractivity contribution is 0.111. The fourth-order valence-electron chi connectivity index (χ4n) is 7.16. The van der Waals surface area contributed by atoms with Gasteiger partial charge in [-0.15, -0.1) is 0 Å². The largest absolute Gasteiger partial charge is 0.354 e. The van der Waals surface area contributed by atoms with Gasteiger partial charge < -0.3 is 9.97 Å². The summed E-state index contributed by atoms with van der Waals surface area (Å²) >= 11 is 0. The van der Waals surface area contributed by atoms with Crippen LogP contribution in [0.3, 0.4) is 0 Å². The summed E-state index contributed by atoms with van der Waals surface area (Å²) in [6, 6.07) is 44.0. The Morgan fingerprint density at radius 3 is 1.04 bits per heavy atom. The van der Waals surface area contributed by atoms with Gasteiger partial charge in [0.1, 0.15) is 12.6 Å². The Kier molecular flexibility index (Phi) is 7.67. The molecule has 0 atom stereocenters. The van der Waals surface area contributed by atoms with Crippen molar-refractivity contribution in [2.24, 2.45) is 0 Å². The highest BCUT2D eigenvalue weighted by Crippen LogP contribution is 2.38. The van der Waals surface area contributed by atoms with Crippen LogP contribution in [0.1, 0.15) is 43.5 Å². The second-order valence-electron chi connectivity index (χ2n) is 12.7. The lowest BCUT2D eigenvalue weighted by Gasteiger charge is -2.07. The van der Waals surface area contributed by atoms with Crippen LogP contribution in [-0.4, -0.2) is 32.5 Å². The second-order valence-corrected chi connectivity index (χ2v) is 12.7. The summed E-state index contributed by atoms with van der Waals surface area (Å²) in [7, 11) is 0. The van der Waals surface area contributed by atoms with Crippen LogP contribution < -0.4 is 0 Å². The fraction of sp³-hybridized carbons (Fsp3) is 0. The number of rotatable bonds is 6. The number of nitrogens with one attached hydrogen (secondary N) is 2. The van der Waals surface area contributed by atoms with Crippen LogP contribution in [0, 0.1) is 0 Å². The third kappa shape index (κ3) is 5.49. The number of fused-ring (bicyclic) bond motifs is 8. The predicted octanol–water partition coefficient (Wildman–Crippen LogP) is 10.9. The van der Waals surface area contributed by atoms with Crippen molar-refractivity contribution in [1.29, 1.82) is 0 Å². The number of aromatic amines is 2. The zero-order chi connectivity index (χ0) is 35.0. The molecule has 2 N–H and O–H groups in total. The van der Waals surface area contributed by atoms with Crippen molar-refractivity contribution >= 4 is 58.9 Å². The Morgan fingerprint density at radius 1 is 0.365 bits per heavy atom. The van der Waals surface area contributed by atoms with Crippen LogP contribution in [0.15, 0.2) is 133 Å². The molecule has 0 saturated heterocycles. The fourth-order valence-corrected chi connectivity index (χ4v) is 7.16. The van der Waals surface area contributed by atoms with Gasteiger partial charge in [-0.05, 0) is 83.0 Å². The molecule has 0 unspecified atom stereocenters. The van der Waals surface area contributed by atoms with Crippen LogP contribution >= 0.6 is 0 Å². The smallest absolute Gasteiger partial charge is 0.150 e. The van der Waals surface area contributed by atoms with Crippen LogP contribution in [-0.2, 0) is 0 Å². The highest BCUT2D eigenvalue weighted by atomic mass is 16.1. The summed E-state index contributed by atoms with van der Waals surface area (Å²) < 4.78 is 0. The van der Waals surface area contributed by atoms with E-state index in [1.54, 1.807) is 12.1 Å². The third-order valence-electron chi connectivity index (χ3n) is 9.50. The van der Waals surface area contributed by atoms with E-state index in [0.717, 1.165) is 102 Å². The monoisotopic (exact) mass is 670 g/mol. The molecule has 52 heavy (non-hydrogen) atoms. The minimum atomic E-state index is 0.585. The summed E-state index contributed by atoms with van der Waals surface area (Å²) in [5.41, 5.74) is 15.2. The first-order chi connectivity index (χ1) is 25.7. The number of carbonyl (C=O) groups is 2. The maximum absolute atomic E-state index is 11.9. The standard InChI is InChI=1S/C46H30N4O2/c51-27-29-9-7-15-33(25-29)45-39-21-17-35(47-39)43(31-11-3-1-4-12-31)36-18-22-40(48-36)46(34-16-8-10-30(26-34)28-52)42-24-20-38(50-42)44(32-13-5-2-6-14-32)37-19-23-41(45)49-37/h1-28,47,50H. The number of aldehydes is 2. The molecule has 4 aromatic carbocycles. The molecule has 0 aliphatic carbocycles. The van der Waals surface area contributed by atoms with Crippen LogP contribution in [0.25, 0.3) is 90.9 Å². The number of benzene rings is 4. The molecule has 0 amide bonds. The molecule has 7 aromatic rings. The first kappa shape index (κ1) is 30.8. The zero-order valence-corrected chi connectivity index (χ0v) is 27.9. The normalized spacial score (nSPS) is 11.8. The van der Waals surface area contributed by atoms with Crippen molar-refractivity contribution in [3.05, 3.63) is 167 Å². The van der Waals surface area contributed by atoms with E-state index >= 15 is 0 Å². The first-order valence-electron chi connectivity index (χ1n) is 17.1. The van der Waals surface area contributed by atoms with Crippen LogP contribution in [0.4, 0.5) is 0 Å². The lowest BCUT2D eigenvalue weighted by Crippen LogP contribution is -1.90. The summed E-state index contributed by atoms with van der Waals surface area (Å²) in [6.45, 7) is 0. The van der Waals surface area contributed by atoms with Gasteiger partial charge in [-0.1, -0.05) is 97.1 Å². The maximum atomic E-state index is 11.9. The van der Waals surface area contributed by atoms with E-state index in [1.807, 2.05) is 97.1 Å². The van der Waals surface area contributed by atoms with E-state index < -0.39 is 0 Å². The van der Waals surface area contributed by atoms with Gasteiger partial charge in [0, 0.05) is 55.4 Å². The summed E-state index contributed by atoms with van der Waals surface area (Å²) in [4.78, 5) is 41.9. The SMILES string of the molecule is O=Cc1cccc(-c2c3nc(c(-c4ccccc4)c4ccc([nH]4)c(-c4cccc(C=O)c4)c4nc(c(-c5ccccc5)c5ccc2[nH]5)C=C4)C=C3)c1. The van der Waals surface area contributed by atoms with Crippen molar-refractivity contribution in [3.8, 4) is 44.5 Å². The molecule has 6 nitrogen and oxygen atoms in total. The number of carbonyl (C=O) groups excluding carboxylic acids is 2. The average Bonchev–Trinajstić information content (AvgIpc) is 4.04. The Bertz CT molecular complexity index is 2580. The van der Waals surface area contributed by atoms with Gasteiger partial charge in [-0.25, -0.2) is 9.97 Å². The molecule has 0 spiro atoms. The van der Waals surface area contributed by atoms with Crippen molar-refractivity contribution in [3.63, 3.8) is 0 Å². The van der Waals surface area contributed by atoms with Crippen molar-refractivity contribution in [2.45, 2.75) is 0 Å². The van der Waals surface area contributed by atoms with Gasteiger partial charge >= 0.3 is 0 Å². The van der Waals surface area contributed by atoms with Gasteiger partial charge in [0.2, 0.25) is 0 Å². The number of hydrogen-bond donors (Lipinski definition) is 2. The summed E-state index contributed by atoms with van der Waals surface area (Å²) in [5, 5.41) is 0. The Balaban J connectivity index is 1.48. The highest BCUT2D eigenvalue weighted by Gasteiger charge is 2.19. The van der Waals surface area contributed by atoms with Crippen molar-refractivity contribution < 1.29 is 9.59 Å². The topological polar surface area (TPSA) is 91.5 Å². The second kappa shape index (κ2) is 12.9. The molecular weight excluding hydrogens is 641 g/mol. The Hall–Kier alpha value is -7.18. The van der Waals surface area contributed by atoms with Crippen LogP contribution in [0.5, 0.6) is 0 Å². The van der Waals surface area contributed by atoms with Gasteiger partial charge in [0.25, 0.3) is 0 Å². The van der Waals surface area contributed by atoms with Gasteiger partial charge in [0.15, 0.2) is 0 Å². The van der Waals surface area contributed by atoms with E-state index in [1.165, 1.54) is 0 Å². The molecule has 0 fully saturated rings. The summed E-state index contributed by atoms with van der Waals surface area (Å²) in [5.74, 6) is 0. The molecule has 9 rings (SSSR count). The van der Waals surface area contributed by atoms with Gasteiger partial charge in [-0.3, -0.25) is 9.59 Å². The summed E-state index contributed by atoms with van der Waals surface area (Å²) in [6.07, 6.45) is 9.92. The van der Waals surface area contributed by atoms with Gasteiger partial charge in [0.05, 0.1) is 22.8 Å². The third-order valence-corrected chi connectivity index (χ3v) is 9.50. The van der Waals surface area contributed by atoms with Crippen molar-refractivity contribution in [2.75, 3.05) is 0 Å². The molecule has 8 bridgehead atoms. The molecule has 2 aliphatic heterocycles. The van der Waals surface area contributed by atoms with E-state index in [0.29, 0.717) is 11.1 Å². The predicted molar refractivity (Wildman–Crippen MR) is 211 cm³/mol. The molecule has 6 heteroatoms. The van der Waals surface area contributed by atoms with Crippen LogP contribution in [0.2, 0.25) is 0 Å². The molecular formula is C46H30N4O2. The molecule has 0 saturated carbocycles. The Labute approximate surface area is 299 Å². The maximum Gasteiger partial charge on any atom is 0.150 e. The van der Waals surface area contributed by atoms with E-state index in [4.69, 9.17) is 9.97 Å². The van der Waals surface area contributed by atoms with E-state index in [-0.39, 0.29) is 0 Å². The quantitative estimate of drug-likeness (QED) is 0.172. The van der Waals surface area contributed by atoms with Gasteiger partial charge in [-0.2, -0.15) is 0 Å². The number of hydrogen-bond acceptors (Lipinski definition) is 4. The van der Waals surface area contributed by atoms with E-state index in [2.05, 4.69) is 58.5 Å². The first-order valence-corrected chi connectivity index (χ1v) is 17.1. The Morgan fingerprint density at radius 2 is 0.692 bits per heavy atom. The van der Waals surface area contributed by atoms with Crippen molar-refractivity contribution in [1.82, 2.24) is 19.9 Å².